The molecule has 0 aliphatic carbocycles. The summed E-state index contributed by atoms with van der Waals surface area (Å²) in [4.78, 5) is 18.4. The second kappa shape index (κ2) is 8.30. The molecule has 3 rings (SSSR count). The first kappa shape index (κ1) is 19.7. The van der Waals surface area contributed by atoms with E-state index in [9.17, 15) is 10.1 Å². The molecule has 27 heavy (non-hydrogen) atoms. The second-order valence-electron chi connectivity index (χ2n) is 7.94. The number of thioether (sulfide) groups is 1. The summed E-state index contributed by atoms with van der Waals surface area (Å²) in [5.41, 5.74) is 0.933. The molecule has 0 amide bonds. The third kappa shape index (κ3) is 4.43. The third-order valence-electron chi connectivity index (χ3n) is 4.69. The van der Waals surface area contributed by atoms with Crippen LogP contribution in [0.25, 0.3) is 10.8 Å². The molecule has 0 saturated carbocycles. The zero-order valence-corrected chi connectivity index (χ0v) is 17.2. The number of non-ortho nitro benzene ring substituents is 1. The lowest BCUT2D eigenvalue weighted by molar-refractivity contribution is -0.383. The van der Waals surface area contributed by atoms with Gasteiger partial charge in [0.2, 0.25) is 0 Å². The van der Waals surface area contributed by atoms with Crippen LogP contribution < -0.4 is 0 Å². The number of nitrogens with zero attached hydrogens (tertiary/aromatic N) is 3. The zero-order valence-electron chi connectivity index (χ0n) is 16.4. The number of amidine groups is 1. The minimum absolute atomic E-state index is 0.130. The van der Waals surface area contributed by atoms with Crippen molar-refractivity contribution in [1.29, 1.82) is 0 Å². The van der Waals surface area contributed by atoms with Crippen LogP contribution in [0, 0.1) is 22.0 Å². The molecule has 1 unspecified atom stereocenters. The highest BCUT2D eigenvalue weighted by Gasteiger charge is 2.31. The van der Waals surface area contributed by atoms with E-state index >= 15 is 0 Å². The maximum absolute atomic E-state index is 11.3. The van der Waals surface area contributed by atoms with Crippen molar-refractivity contribution in [1.82, 2.24) is 4.90 Å². The summed E-state index contributed by atoms with van der Waals surface area (Å²) in [6.45, 7) is 9.96. The third-order valence-corrected chi connectivity index (χ3v) is 5.82. The van der Waals surface area contributed by atoms with Crippen molar-refractivity contribution in [3.8, 4) is 0 Å². The summed E-state index contributed by atoms with van der Waals surface area (Å²) in [6, 6.07) is 11.3. The molecule has 1 saturated heterocycles. The Kier molecular flexibility index (Phi) is 6.05. The van der Waals surface area contributed by atoms with Crippen LogP contribution in [-0.2, 0) is 0 Å². The number of benzene rings is 2. The quantitative estimate of drug-likeness (QED) is 0.462. The topological polar surface area (TPSA) is 58.7 Å². The van der Waals surface area contributed by atoms with Gasteiger partial charge in [-0.2, -0.15) is 0 Å². The molecule has 0 radical (unpaired) electrons. The van der Waals surface area contributed by atoms with E-state index in [4.69, 9.17) is 4.99 Å². The van der Waals surface area contributed by atoms with E-state index in [0.29, 0.717) is 23.3 Å². The van der Waals surface area contributed by atoms with Crippen LogP contribution >= 0.6 is 11.8 Å². The van der Waals surface area contributed by atoms with E-state index < -0.39 is 0 Å². The monoisotopic (exact) mass is 385 g/mol. The molecule has 2 aromatic carbocycles. The summed E-state index contributed by atoms with van der Waals surface area (Å²) < 4.78 is 0. The van der Waals surface area contributed by atoms with Gasteiger partial charge in [0, 0.05) is 29.8 Å². The van der Waals surface area contributed by atoms with E-state index in [0.717, 1.165) is 35.0 Å². The first-order valence-corrected chi connectivity index (χ1v) is 10.5. The molecule has 0 N–H and O–H groups in total. The number of aliphatic imine (C=N–C) groups is 1. The summed E-state index contributed by atoms with van der Waals surface area (Å²) >= 11 is 1.80. The molecular weight excluding hydrogens is 358 g/mol. The molecular formula is C21H27N3O2S. The van der Waals surface area contributed by atoms with Gasteiger partial charge < -0.3 is 4.90 Å². The highest BCUT2D eigenvalue weighted by atomic mass is 32.2. The fraction of sp³-hybridized carbons (Fsp3) is 0.476. The average Bonchev–Trinajstić information content (AvgIpc) is 2.95. The molecule has 0 aromatic heterocycles. The van der Waals surface area contributed by atoms with Crippen LogP contribution in [0.15, 0.2) is 41.4 Å². The normalized spacial score (nSPS) is 19.0. The lowest BCUT2D eigenvalue weighted by atomic mass is 10.0. The second-order valence-corrected chi connectivity index (χ2v) is 8.93. The smallest absolute Gasteiger partial charge is 0.277 e. The van der Waals surface area contributed by atoms with Crippen molar-refractivity contribution in [2.45, 2.75) is 40.2 Å². The number of nitro groups is 1. The van der Waals surface area contributed by atoms with Crippen molar-refractivity contribution in [2.24, 2.45) is 16.8 Å². The van der Waals surface area contributed by atoms with E-state index in [1.54, 1.807) is 30.0 Å². The van der Waals surface area contributed by atoms with Gasteiger partial charge in [0.05, 0.1) is 16.0 Å². The summed E-state index contributed by atoms with van der Waals surface area (Å²) in [6.07, 6.45) is 1.15. The number of rotatable bonds is 6. The lowest BCUT2D eigenvalue weighted by Crippen LogP contribution is -2.37. The molecule has 0 spiro atoms. The predicted molar refractivity (Wildman–Crippen MR) is 115 cm³/mol. The van der Waals surface area contributed by atoms with Gasteiger partial charge in [-0.05, 0) is 30.4 Å². The van der Waals surface area contributed by atoms with Gasteiger partial charge in [0.1, 0.15) is 0 Å². The minimum Gasteiger partial charge on any atom is -0.347 e. The van der Waals surface area contributed by atoms with Crippen LogP contribution in [-0.4, -0.2) is 33.3 Å². The predicted octanol–water partition coefficient (Wildman–Crippen LogP) is 5.86. The maximum atomic E-state index is 11.3. The summed E-state index contributed by atoms with van der Waals surface area (Å²) in [5, 5.41) is 13.9. The Morgan fingerprint density at radius 1 is 1.15 bits per heavy atom. The molecule has 1 heterocycles. The fourth-order valence-electron chi connectivity index (χ4n) is 3.58. The first-order chi connectivity index (χ1) is 12.9. The van der Waals surface area contributed by atoms with E-state index in [-0.39, 0.29) is 10.6 Å². The lowest BCUT2D eigenvalue weighted by Gasteiger charge is -2.28. The SMILES string of the molecule is CC(C)CC1CS/C(=N\c2ccc([N+](=O)[O-])c3ccccc23)N1CC(C)C. The molecule has 5 nitrogen and oxygen atoms in total. The van der Waals surface area contributed by atoms with E-state index in [1.807, 2.05) is 18.2 Å². The molecule has 1 atom stereocenters. The Morgan fingerprint density at radius 2 is 1.85 bits per heavy atom. The Hall–Kier alpha value is -2.08. The van der Waals surface area contributed by atoms with Gasteiger partial charge in [-0.1, -0.05) is 57.7 Å². The Labute approximate surface area is 165 Å². The van der Waals surface area contributed by atoms with Crippen molar-refractivity contribution in [3.63, 3.8) is 0 Å². The molecule has 144 valence electrons. The number of nitro benzene ring substituents is 1. The number of hydrogen-bond donors (Lipinski definition) is 0. The van der Waals surface area contributed by atoms with Crippen molar-refractivity contribution in [2.75, 3.05) is 12.3 Å². The summed E-state index contributed by atoms with van der Waals surface area (Å²) in [5.74, 6) is 2.25. The van der Waals surface area contributed by atoms with Crippen molar-refractivity contribution < 1.29 is 4.92 Å². The standard InChI is InChI=1S/C21H27N3O2S/c1-14(2)11-16-13-27-21(23(16)12-15(3)4)22-19-9-10-20(24(25)26)18-8-6-5-7-17(18)19/h5-10,14-16H,11-13H2,1-4H3/b22-21-. The zero-order chi connectivity index (χ0) is 19.6. The minimum atomic E-state index is -0.326. The van der Waals surface area contributed by atoms with Crippen molar-refractivity contribution in [3.05, 3.63) is 46.5 Å². The molecule has 6 heteroatoms. The number of hydrogen-bond acceptors (Lipinski definition) is 4. The van der Waals surface area contributed by atoms with Crippen molar-refractivity contribution >= 4 is 39.1 Å². The van der Waals surface area contributed by atoms with Crippen LogP contribution in [0.1, 0.15) is 34.1 Å². The van der Waals surface area contributed by atoms with E-state index in [1.165, 1.54) is 0 Å². The first-order valence-electron chi connectivity index (χ1n) is 9.51. The maximum Gasteiger partial charge on any atom is 0.277 e. The van der Waals surface area contributed by atoms with Crippen LogP contribution in [0.3, 0.4) is 0 Å². The van der Waals surface area contributed by atoms with Crippen LogP contribution in [0.5, 0.6) is 0 Å². The molecule has 0 bridgehead atoms. The van der Waals surface area contributed by atoms with Gasteiger partial charge in [0.25, 0.3) is 5.69 Å². The highest BCUT2D eigenvalue weighted by molar-refractivity contribution is 8.14. The van der Waals surface area contributed by atoms with Crippen LogP contribution in [0.2, 0.25) is 0 Å². The van der Waals surface area contributed by atoms with Gasteiger partial charge >= 0.3 is 0 Å². The Balaban J connectivity index is 2.02. The molecule has 1 aliphatic heterocycles. The Morgan fingerprint density at radius 3 is 2.48 bits per heavy atom. The Bertz CT molecular complexity index is 864. The van der Waals surface area contributed by atoms with Gasteiger partial charge in [-0.15, -0.1) is 0 Å². The average molecular weight is 386 g/mol. The molecule has 1 fully saturated rings. The number of fused-ring (bicyclic) bond motifs is 1. The largest absolute Gasteiger partial charge is 0.347 e. The van der Waals surface area contributed by atoms with Gasteiger partial charge in [0.15, 0.2) is 5.17 Å². The van der Waals surface area contributed by atoms with Crippen LogP contribution in [0.4, 0.5) is 11.4 Å². The molecule has 2 aromatic rings. The van der Waals surface area contributed by atoms with E-state index in [2.05, 4.69) is 32.6 Å². The fourth-order valence-corrected chi connectivity index (χ4v) is 4.79. The van der Waals surface area contributed by atoms with Gasteiger partial charge in [-0.3, -0.25) is 10.1 Å². The molecule has 1 aliphatic rings. The summed E-state index contributed by atoms with van der Waals surface area (Å²) in [7, 11) is 0. The highest BCUT2D eigenvalue weighted by Crippen LogP contribution is 2.36. The van der Waals surface area contributed by atoms with Gasteiger partial charge in [-0.25, -0.2) is 4.99 Å².